The van der Waals surface area contributed by atoms with Crippen molar-refractivity contribution in [3.8, 4) is 5.75 Å². The second-order valence-corrected chi connectivity index (χ2v) is 4.95. The number of benzene rings is 1. The topological polar surface area (TPSA) is 27.7 Å². The van der Waals surface area contributed by atoms with Crippen LogP contribution >= 0.6 is 0 Å². The molecule has 2 aliphatic heterocycles. The van der Waals surface area contributed by atoms with Crippen LogP contribution in [-0.4, -0.2) is 20.3 Å². The Balaban J connectivity index is 1.75. The minimum atomic E-state index is -0.312. The molecule has 1 aromatic carbocycles. The zero-order valence-electron chi connectivity index (χ0n) is 10.9. The fraction of sp³-hybridized carbons (Fsp3) is 0.467. The normalized spacial score (nSPS) is 21.7. The molecule has 1 aromatic rings. The highest BCUT2D eigenvalue weighted by atomic mass is 19.1. The van der Waals surface area contributed by atoms with Crippen LogP contribution in [0.5, 0.6) is 5.75 Å². The van der Waals surface area contributed by atoms with Crippen LogP contribution in [-0.2, 0) is 15.9 Å². The fourth-order valence-electron chi connectivity index (χ4n) is 2.71. The lowest BCUT2D eigenvalue weighted by Gasteiger charge is -2.16. The van der Waals surface area contributed by atoms with E-state index in [4.69, 9.17) is 14.2 Å². The van der Waals surface area contributed by atoms with Gasteiger partial charge in [-0.05, 0) is 37.0 Å². The molecule has 0 spiro atoms. The zero-order valence-corrected chi connectivity index (χ0v) is 10.9. The summed E-state index contributed by atoms with van der Waals surface area (Å²) in [6.45, 7) is 1.38. The SMILES string of the molecule is COc1ccc(CC2COC3=C2CCCO3)cc1F. The minimum absolute atomic E-state index is 0.285. The van der Waals surface area contributed by atoms with Gasteiger partial charge in [-0.15, -0.1) is 0 Å². The molecule has 0 radical (unpaired) electrons. The Kier molecular flexibility index (Phi) is 3.32. The molecule has 1 unspecified atom stereocenters. The van der Waals surface area contributed by atoms with Crippen molar-refractivity contribution in [2.75, 3.05) is 20.3 Å². The maximum absolute atomic E-state index is 13.7. The van der Waals surface area contributed by atoms with Gasteiger partial charge in [-0.2, -0.15) is 0 Å². The van der Waals surface area contributed by atoms with Crippen LogP contribution in [0.25, 0.3) is 0 Å². The quantitative estimate of drug-likeness (QED) is 0.839. The van der Waals surface area contributed by atoms with Crippen LogP contribution in [0.4, 0.5) is 4.39 Å². The van der Waals surface area contributed by atoms with Crippen LogP contribution in [0.2, 0.25) is 0 Å². The van der Waals surface area contributed by atoms with Crippen molar-refractivity contribution in [1.82, 2.24) is 0 Å². The summed E-state index contributed by atoms with van der Waals surface area (Å²) in [7, 11) is 1.47. The molecule has 0 N–H and O–H groups in total. The predicted octanol–water partition coefficient (Wildman–Crippen LogP) is 3.05. The predicted molar refractivity (Wildman–Crippen MR) is 68.3 cm³/mol. The second-order valence-electron chi connectivity index (χ2n) is 4.95. The van der Waals surface area contributed by atoms with Gasteiger partial charge in [0.15, 0.2) is 11.6 Å². The Morgan fingerprint density at radius 3 is 3.05 bits per heavy atom. The van der Waals surface area contributed by atoms with Crippen LogP contribution in [0, 0.1) is 11.7 Å². The number of hydrogen-bond acceptors (Lipinski definition) is 3. The summed E-state index contributed by atoms with van der Waals surface area (Å²) in [5.74, 6) is 0.994. The van der Waals surface area contributed by atoms with E-state index in [0.29, 0.717) is 18.5 Å². The van der Waals surface area contributed by atoms with Crippen LogP contribution < -0.4 is 4.74 Å². The highest BCUT2D eigenvalue weighted by Gasteiger charge is 2.30. The fourth-order valence-corrected chi connectivity index (χ4v) is 2.71. The average molecular weight is 264 g/mol. The Hall–Kier alpha value is -1.71. The van der Waals surface area contributed by atoms with Gasteiger partial charge in [-0.25, -0.2) is 4.39 Å². The Bertz CT molecular complexity index is 510. The van der Waals surface area contributed by atoms with Gasteiger partial charge < -0.3 is 14.2 Å². The minimum Gasteiger partial charge on any atom is -0.494 e. The van der Waals surface area contributed by atoms with E-state index in [1.165, 1.54) is 12.7 Å². The van der Waals surface area contributed by atoms with Gasteiger partial charge in [0.25, 0.3) is 5.95 Å². The van der Waals surface area contributed by atoms with Crippen LogP contribution in [0.15, 0.2) is 29.7 Å². The third-order valence-corrected chi connectivity index (χ3v) is 3.69. The summed E-state index contributed by atoms with van der Waals surface area (Å²) in [4.78, 5) is 0. The van der Waals surface area contributed by atoms with Crippen LogP contribution in [0.3, 0.4) is 0 Å². The summed E-state index contributed by atoms with van der Waals surface area (Å²) in [6, 6.07) is 5.12. The van der Waals surface area contributed by atoms with Gasteiger partial charge in [-0.3, -0.25) is 0 Å². The van der Waals surface area contributed by atoms with Crippen molar-refractivity contribution in [2.24, 2.45) is 5.92 Å². The van der Waals surface area contributed by atoms with Gasteiger partial charge >= 0.3 is 0 Å². The van der Waals surface area contributed by atoms with E-state index in [1.54, 1.807) is 12.1 Å². The summed E-state index contributed by atoms with van der Waals surface area (Å²) in [5.41, 5.74) is 2.22. The number of halogens is 1. The van der Waals surface area contributed by atoms with Gasteiger partial charge in [0.1, 0.15) is 0 Å². The molecular formula is C15H17FO3. The number of ether oxygens (including phenoxy) is 3. The molecule has 0 saturated heterocycles. The largest absolute Gasteiger partial charge is 0.494 e. The summed E-state index contributed by atoms with van der Waals surface area (Å²) >= 11 is 0. The third-order valence-electron chi connectivity index (χ3n) is 3.69. The van der Waals surface area contributed by atoms with E-state index in [-0.39, 0.29) is 11.6 Å². The highest BCUT2D eigenvalue weighted by Crippen LogP contribution is 2.35. The van der Waals surface area contributed by atoms with E-state index < -0.39 is 0 Å². The molecule has 0 aromatic heterocycles. The summed E-state index contributed by atoms with van der Waals surface area (Å²) in [6.07, 6.45) is 2.84. The monoisotopic (exact) mass is 264 g/mol. The molecule has 1 atom stereocenters. The molecular weight excluding hydrogens is 247 g/mol. The molecule has 3 rings (SSSR count). The third kappa shape index (κ3) is 2.39. The molecule has 0 saturated carbocycles. The standard InChI is InChI=1S/C15H17FO3/c1-17-14-5-4-10(8-13(14)16)7-11-9-19-15-12(11)3-2-6-18-15/h4-5,8,11H,2-3,6-7,9H2,1H3. The lowest BCUT2D eigenvalue weighted by Crippen LogP contribution is -2.11. The summed E-state index contributed by atoms with van der Waals surface area (Å²) in [5, 5.41) is 0. The van der Waals surface area contributed by atoms with E-state index in [0.717, 1.165) is 31.4 Å². The maximum Gasteiger partial charge on any atom is 0.278 e. The van der Waals surface area contributed by atoms with E-state index in [2.05, 4.69) is 0 Å². The molecule has 4 heteroatoms. The number of rotatable bonds is 3. The molecule has 3 nitrogen and oxygen atoms in total. The van der Waals surface area contributed by atoms with Crippen molar-refractivity contribution in [3.05, 3.63) is 41.1 Å². The molecule has 0 bridgehead atoms. The molecule has 0 aliphatic carbocycles. The molecule has 0 amide bonds. The molecule has 19 heavy (non-hydrogen) atoms. The van der Waals surface area contributed by atoms with E-state index in [1.807, 2.05) is 6.07 Å². The summed E-state index contributed by atoms with van der Waals surface area (Å²) < 4.78 is 29.6. The zero-order chi connectivity index (χ0) is 13.2. The second kappa shape index (κ2) is 5.11. The van der Waals surface area contributed by atoms with Crippen molar-refractivity contribution in [1.29, 1.82) is 0 Å². The molecule has 102 valence electrons. The lowest BCUT2D eigenvalue weighted by molar-refractivity contribution is 0.0414. The van der Waals surface area contributed by atoms with Crippen molar-refractivity contribution in [2.45, 2.75) is 19.3 Å². The number of hydrogen-bond donors (Lipinski definition) is 0. The van der Waals surface area contributed by atoms with Crippen molar-refractivity contribution >= 4 is 0 Å². The van der Waals surface area contributed by atoms with E-state index >= 15 is 0 Å². The first-order valence-corrected chi connectivity index (χ1v) is 6.59. The van der Waals surface area contributed by atoms with Crippen LogP contribution in [0.1, 0.15) is 18.4 Å². The first-order valence-electron chi connectivity index (χ1n) is 6.59. The van der Waals surface area contributed by atoms with Gasteiger partial charge in [0.05, 0.1) is 20.3 Å². The van der Waals surface area contributed by atoms with Gasteiger partial charge in [0, 0.05) is 11.5 Å². The average Bonchev–Trinajstić information content (AvgIpc) is 2.83. The molecule has 2 heterocycles. The lowest BCUT2D eigenvalue weighted by atomic mass is 9.91. The van der Waals surface area contributed by atoms with E-state index in [9.17, 15) is 4.39 Å². The Morgan fingerprint density at radius 2 is 2.26 bits per heavy atom. The van der Waals surface area contributed by atoms with Gasteiger partial charge in [0.2, 0.25) is 0 Å². The first-order chi connectivity index (χ1) is 9.28. The smallest absolute Gasteiger partial charge is 0.278 e. The number of methoxy groups -OCH3 is 1. The maximum atomic E-state index is 13.7. The Labute approximate surface area is 112 Å². The molecule has 2 aliphatic rings. The highest BCUT2D eigenvalue weighted by molar-refractivity contribution is 5.30. The van der Waals surface area contributed by atoms with Gasteiger partial charge in [-0.1, -0.05) is 6.07 Å². The first kappa shape index (κ1) is 12.3. The molecule has 0 fully saturated rings. The Morgan fingerprint density at radius 1 is 1.37 bits per heavy atom. The van der Waals surface area contributed by atoms with Crippen molar-refractivity contribution < 1.29 is 18.6 Å². The van der Waals surface area contributed by atoms with Crippen molar-refractivity contribution in [3.63, 3.8) is 0 Å².